The van der Waals surface area contributed by atoms with Crippen molar-refractivity contribution in [2.75, 3.05) is 47.5 Å². The number of aliphatic carboxylic acids is 1. The molecule has 0 spiro atoms. The van der Waals surface area contributed by atoms with Gasteiger partial charge in [0.2, 0.25) is 0 Å². The number of esters is 2. The van der Waals surface area contributed by atoms with Gasteiger partial charge in [0.25, 0.3) is 6.29 Å². The van der Waals surface area contributed by atoms with Gasteiger partial charge in [0.1, 0.15) is 13.2 Å². The van der Waals surface area contributed by atoms with Crippen molar-refractivity contribution in [1.82, 2.24) is 0 Å². The minimum atomic E-state index is -1.52. The largest absolute Gasteiger partial charge is 0.477 e. The van der Waals surface area contributed by atoms with Crippen LogP contribution in [0.1, 0.15) is 284 Å². The minimum absolute atomic E-state index is 0.183. The molecule has 0 aliphatic heterocycles. The highest BCUT2D eigenvalue weighted by Gasteiger charge is 2.25. The van der Waals surface area contributed by atoms with Crippen molar-refractivity contribution in [3.8, 4) is 0 Å². The normalized spacial score (nSPS) is 13.5. The third-order valence-electron chi connectivity index (χ3n) is 14.9. The molecule has 0 aliphatic rings. The lowest BCUT2D eigenvalue weighted by Gasteiger charge is -2.25. The fourth-order valence-electron chi connectivity index (χ4n) is 9.58. The SMILES string of the molecule is CC/C=C\C/C=C\C/C=C\C/C=C\C/C=C\C/C=C\C/C=C\CCCCCCCCCCCCCCCC(=O)OC(COC(=O)CCCCCCCCCCCCCCCC/C=C\C/C=C\C/C=C\C/C=C\CC)COC(OCC[N+](C)(C)C)C(=O)O. The Morgan fingerprint density at radius 2 is 0.621 bits per heavy atom. The number of ether oxygens (including phenoxy) is 4. The highest BCUT2D eigenvalue weighted by molar-refractivity contribution is 5.71. The summed E-state index contributed by atoms with van der Waals surface area (Å²) in [7, 11) is 5.97. The molecule has 87 heavy (non-hydrogen) atoms. The van der Waals surface area contributed by atoms with Crippen molar-refractivity contribution in [3.05, 3.63) is 134 Å². The van der Waals surface area contributed by atoms with E-state index in [0.717, 1.165) is 109 Å². The number of carboxylic acid groups (broad SMARTS) is 1. The van der Waals surface area contributed by atoms with Crippen molar-refractivity contribution >= 4 is 17.9 Å². The first-order valence-corrected chi connectivity index (χ1v) is 35.3. The van der Waals surface area contributed by atoms with Gasteiger partial charge in [-0.2, -0.15) is 0 Å². The first-order chi connectivity index (χ1) is 42.6. The summed E-state index contributed by atoms with van der Waals surface area (Å²) in [6, 6.07) is 0. The second kappa shape index (κ2) is 67.4. The Balaban J connectivity index is 4.13. The summed E-state index contributed by atoms with van der Waals surface area (Å²) in [6.45, 7) is 4.66. The van der Waals surface area contributed by atoms with Gasteiger partial charge in [-0.3, -0.25) is 9.59 Å². The van der Waals surface area contributed by atoms with Gasteiger partial charge in [0, 0.05) is 12.8 Å². The number of rotatable bonds is 64. The lowest BCUT2D eigenvalue weighted by Crippen LogP contribution is -2.40. The van der Waals surface area contributed by atoms with Gasteiger partial charge in [0.15, 0.2) is 6.10 Å². The highest BCUT2D eigenvalue weighted by Crippen LogP contribution is 2.17. The maximum Gasteiger partial charge on any atom is 0.361 e. The third-order valence-corrected chi connectivity index (χ3v) is 14.9. The molecule has 0 aromatic rings. The molecule has 0 aromatic heterocycles. The molecule has 0 aliphatic carbocycles. The highest BCUT2D eigenvalue weighted by atomic mass is 16.7. The average Bonchev–Trinajstić information content (AvgIpc) is 3.56. The van der Waals surface area contributed by atoms with E-state index in [4.69, 9.17) is 18.9 Å². The predicted molar refractivity (Wildman–Crippen MR) is 373 cm³/mol. The molecule has 0 aromatic carbocycles. The molecule has 2 unspecified atom stereocenters. The quantitative estimate of drug-likeness (QED) is 0.0211. The van der Waals surface area contributed by atoms with Crippen molar-refractivity contribution in [2.45, 2.75) is 296 Å². The van der Waals surface area contributed by atoms with Crippen LogP contribution in [0.5, 0.6) is 0 Å². The number of nitrogens with zero attached hydrogens (tertiary/aromatic N) is 1. The molecule has 0 saturated carbocycles. The molecule has 0 bridgehead atoms. The molecule has 1 N–H and O–H groups in total. The van der Waals surface area contributed by atoms with Crippen LogP contribution in [0.25, 0.3) is 0 Å². The van der Waals surface area contributed by atoms with Gasteiger partial charge in [0.05, 0.1) is 34.4 Å². The van der Waals surface area contributed by atoms with E-state index in [1.165, 1.54) is 141 Å². The van der Waals surface area contributed by atoms with Crippen LogP contribution in [0.15, 0.2) is 134 Å². The Morgan fingerprint density at radius 1 is 0.345 bits per heavy atom. The maximum absolute atomic E-state index is 13.0. The summed E-state index contributed by atoms with van der Waals surface area (Å²) in [4.78, 5) is 37.6. The average molecular weight is 1210 g/mol. The second-order valence-corrected chi connectivity index (χ2v) is 24.4. The number of carboxylic acids is 1. The zero-order valence-electron chi connectivity index (χ0n) is 56.6. The number of carbonyl (C=O) groups is 3. The van der Waals surface area contributed by atoms with E-state index in [1.54, 1.807) is 0 Å². The monoisotopic (exact) mass is 1210 g/mol. The lowest BCUT2D eigenvalue weighted by molar-refractivity contribution is -0.870. The maximum atomic E-state index is 13.0. The number of likely N-dealkylation sites (N-methyl/N-ethyl adjacent to an activating group) is 1. The molecule has 0 heterocycles. The molecule has 496 valence electrons. The van der Waals surface area contributed by atoms with E-state index in [9.17, 15) is 19.5 Å². The first kappa shape index (κ1) is 82.4. The number of unbranched alkanes of at least 4 members (excludes halogenated alkanes) is 27. The molecule has 0 fully saturated rings. The fourth-order valence-corrected chi connectivity index (χ4v) is 9.58. The van der Waals surface area contributed by atoms with E-state index in [-0.39, 0.29) is 32.2 Å². The molecular weight excluding hydrogens is 1080 g/mol. The van der Waals surface area contributed by atoms with E-state index >= 15 is 0 Å². The predicted octanol–water partition coefficient (Wildman–Crippen LogP) is 22.1. The van der Waals surface area contributed by atoms with Crippen LogP contribution in [0, 0.1) is 0 Å². The van der Waals surface area contributed by atoms with Gasteiger partial charge in [-0.05, 0) is 109 Å². The van der Waals surface area contributed by atoms with Gasteiger partial charge in [-0.1, -0.05) is 295 Å². The summed E-state index contributed by atoms with van der Waals surface area (Å²) in [5.41, 5.74) is 0. The van der Waals surface area contributed by atoms with Crippen LogP contribution in [0.2, 0.25) is 0 Å². The molecule has 0 rings (SSSR count). The van der Waals surface area contributed by atoms with Crippen LogP contribution in [-0.2, 0) is 33.3 Å². The van der Waals surface area contributed by atoms with Crippen LogP contribution < -0.4 is 0 Å². The number of carbonyl (C=O) groups excluding carboxylic acids is 2. The van der Waals surface area contributed by atoms with Crippen molar-refractivity contribution < 1.29 is 42.9 Å². The van der Waals surface area contributed by atoms with E-state index in [0.29, 0.717) is 23.9 Å². The van der Waals surface area contributed by atoms with Gasteiger partial charge >= 0.3 is 17.9 Å². The van der Waals surface area contributed by atoms with Crippen molar-refractivity contribution in [3.63, 3.8) is 0 Å². The Hall–Kier alpha value is -4.57. The Bertz CT molecular complexity index is 1890. The van der Waals surface area contributed by atoms with Gasteiger partial charge in [-0.15, -0.1) is 0 Å². The van der Waals surface area contributed by atoms with Crippen LogP contribution >= 0.6 is 0 Å². The van der Waals surface area contributed by atoms with Crippen molar-refractivity contribution in [1.29, 1.82) is 0 Å². The van der Waals surface area contributed by atoms with Crippen LogP contribution in [-0.4, -0.2) is 87.4 Å². The second-order valence-electron chi connectivity index (χ2n) is 24.4. The molecule has 9 nitrogen and oxygen atoms in total. The Kier molecular flexibility index (Phi) is 63.8. The van der Waals surface area contributed by atoms with Crippen LogP contribution in [0.3, 0.4) is 0 Å². The van der Waals surface area contributed by atoms with E-state index in [2.05, 4.69) is 148 Å². The first-order valence-electron chi connectivity index (χ1n) is 35.3. The summed E-state index contributed by atoms with van der Waals surface area (Å²) in [5, 5.41) is 9.75. The number of hydrogen-bond acceptors (Lipinski definition) is 7. The van der Waals surface area contributed by atoms with Crippen molar-refractivity contribution in [2.24, 2.45) is 0 Å². The molecule has 2 atom stereocenters. The Labute approximate surface area is 535 Å². The Morgan fingerprint density at radius 3 is 0.920 bits per heavy atom. The lowest BCUT2D eigenvalue weighted by atomic mass is 10.0. The summed E-state index contributed by atoms with van der Waals surface area (Å²) < 4.78 is 23.0. The molecule has 0 radical (unpaired) electrons. The van der Waals surface area contributed by atoms with E-state index in [1.807, 2.05) is 21.1 Å². The van der Waals surface area contributed by atoms with Gasteiger partial charge in [-0.25, -0.2) is 4.79 Å². The summed E-state index contributed by atoms with van der Waals surface area (Å²) in [6.07, 6.45) is 94.1. The minimum Gasteiger partial charge on any atom is -0.477 e. The van der Waals surface area contributed by atoms with Gasteiger partial charge < -0.3 is 28.5 Å². The zero-order valence-corrected chi connectivity index (χ0v) is 56.6. The topological polar surface area (TPSA) is 108 Å². The zero-order chi connectivity index (χ0) is 63.3. The smallest absolute Gasteiger partial charge is 0.361 e. The standard InChI is InChI=1S/C78H131NO8/c1-6-8-10-12-14-16-18-20-22-24-26-28-30-32-34-35-36-37-38-39-40-41-43-45-47-49-51-53-55-57-59-61-63-65-67-69-76(81)87-74(73-86-78(77(82)83)84-71-70-79(3,4)5)72-85-75(80)68-66-64-62-60-58-56-54-52-50-48-46-44-42-33-31-29-27-25-23-21-19-17-15-13-11-9-7-2/h8-11,14-17,20-23,26-29,32,34,36-37,39-40,74,78H,6-7,12-13,18-19,24-25,30-31,33,35,38,41-73H2,1-5H3/p+1/b10-8-,11-9-,16-14-,17-15-,22-20-,23-21-,28-26-,29-27-,34-32-,37-36-,40-39-. The molecule has 0 saturated heterocycles. The molecule has 9 heteroatoms. The number of quaternary nitrogens is 1. The fraction of sp³-hybridized carbons (Fsp3) is 0.679. The third kappa shape index (κ3) is 68.8. The molecule has 0 amide bonds. The summed E-state index contributed by atoms with van der Waals surface area (Å²) >= 11 is 0. The summed E-state index contributed by atoms with van der Waals surface area (Å²) in [5.74, 6) is -2.01. The number of hydrogen-bond donors (Lipinski definition) is 1. The number of allylic oxidation sites excluding steroid dienone is 22. The van der Waals surface area contributed by atoms with Crippen LogP contribution in [0.4, 0.5) is 0 Å². The van der Waals surface area contributed by atoms with E-state index < -0.39 is 24.3 Å². The molecular formula is C78H132NO8+.